The topological polar surface area (TPSA) is 119 Å². The highest BCUT2D eigenvalue weighted by molar-refractivity contribution is 5.81. The minimum atomic E-state index is -0.848. The lowest BCUT2D eigenvalue weighted by molar-refractivity contribution is -0.312. The Morgan fingerprint density at radius 3 is 1.50 bits per heavy atom. The summed E-state index contributed by atoms with van der Waals surface area (Å²) in [6.07, 6.45) is 24.2. The summed E-state index contributed by atoms with van der Waals surface area (Å²) in [5.74, 6) is -0.184. The van der Waals surface area contributed by atoms with Crippen LogP contribution in [-0.2, 0) is 28.9 Å². The van der Waals surface area contributed by atoms with Gasteiger partial charge in [0, 0.05) is 0 Å². The molecule has 2 N–H and O–H groups in total. The lowest BCUT2D eigenvalue weighted by atomic mass is 9.70. The van der Waals surface area contributed by atoms with Crippen LogP contribution in [-0.4, -0.2) is 47.9 Å². The molecule has 8 nitrogen and oxygen atoms in total. The van der Waals surface area contributed by atoms with E-state index in [1.54, 1.807) is 0 Å². The third-order valence-corrected chi connectivity index (χ3v) is 12.9. The standard InChI is InChI=1S/C38H62O8/c39-36(40)34-21-30(19-26-7-3-1-4-8-26)15-17-32(34)25-46-45-24-29-13-11-28(12-14-29)23-44-38(43)33-18-16-31(22-35(33)37(41)42)20-27-9-5-2-6-10-27/h26-35H,1-25H2,(H,39,40)(H,41,42). The van der Waals surface area contributed by atoms with E-state index in [9.17, 15) is 24.6 Å². The molecule has 5 aliphatic rings. The van der Waals surface area contributed by atoms with Crippen LogP contribution < -0.4 is 0 Å². The van der Waals surface area contributed by atoms with Gasteiger partial charge in [0.15, 0.2) is 0 Å². The molecule has 0 radical (unpaired) electrons. The van der Waals surface area contributed by atoms with Gasteiger partial charge in [-0.2, -0.15) is 0 Å². The first-order valence-corrected chi connectivity index (χ1v) is 19.2. The Morgan fingerprint density at radius 2 is 0.935 bits per heavy atom. The number of carbonyl (C=O) groups excluding carboxylic acids is 1. The first kappa shape index (κ1) is 35.6. The van der Waals surface area contributed by atoms with E-state index in [1.165, 1.54) is 70.6 Å². The molecule has 5 rings (SSSR count). The Bertz CT molecular complexity index is 948. The fraction of sp³-hybridized carbons (Fsp3) is 0.921. The number of hydrogen-bond acceptors (Lipinski definition) is 6. The lowest BCUT2D eigenvalue weighted by Gasteiger charge is -2.36. The van der Waals surface area contributed by atoms with Gasteiger partial charge in [-0.3, -0.25) is 14.4 Å². The van der Waals surface area contributed by atoms with E-state index in [0.717, 1.165) is 69.6 Å². The van der Waals surface area contributed by atoms with Crippen molar-refractivity contribution in [3.05, 3.63) is 0 Å². The number of esters is 1. The zero-order valence-corrected chi connectivity index (χ0v) is 28.3. The van der Waals surface area contributed by atoms with Crippen molar-refractivity contribution in [2.45, 2.75) is 141 Å². The maximum atomic E-state index is 13.0. The van der Waals surface area contributed by atoms with Crippen molar-refractivity contribution in [2.75, 3.05) is 19.8 Å². The minimum absolute atomic E-state index is 0.0122. The molecule has 5 aliphatic carbocycles. The van der Waals surface area contributed by atoms with Crippen molar-refractivity contribution in [1.29, 1.82) is 0 Å². The first-order chi connectivity index (χ1) is 22.4. The maximum absolute atomic E-state index is 13.0. The van der Waals surface area contributed by atoms with E-state index < -0.39 is 23.8 Å². The molecule has 0 saturated heterocycles. The van der Waals surface area contributed by atoms with Crippen LogP contribution in [0.15, 0.2) is 0 Å². The monoisotopic (exact) mass is 646 g/mol. The predicted octanol–water partition coefficient (Wildman–Crippen LogP) is 8.46. The summed E-state index contributed by atoms with van der Waals surface area (Å²) < 4.78 is 5.76. The molecule has 0 aromatic rings. The Labute approximate surface area is 277 Å². The number of aliphatic carboxylic acids is 2. The van der Waals surface area contributed by atoms with Crippen LogP contribution in [0.3, 0.4) is 0 Å². The fourth-order valence-corrected chi connectivity index (χ4v) is 10.0. The van der Waals surface area contributed by atoms with E-state index in [2.05, 4.69) is 0 Å². The fourth-order valence-electron chi connectivity index (χ4n) is 10.0. The van der Waals surface area contributed by atoms with Crippen molar-refractivity contribution in [2.24, 2.45) is 59.2 Å². The number of carboxylic acid groups (broad SMARTS) is 2. The van der Waals surface area contributed by atoms with Gasteiger partial charge in [0.25, 0.3) is 0 Å². The number of rotatable bonds is 14. The number of carbonyl (C=O) groups is 3. The SMILES string of the molecule is O=C(O)C1CC(CC2CCCCC2)CCC1COOCC1CCC(COC(=O)C2CCC(CC3CCCCC3)CC2C(=O)O)CC1. The van der Waals surface area contributed by atoms with Crippen molar-refractivity contribution in [3.8, 4) is 0 Å². The Kier molecular flexibility index (Phi) is 14.1. The van der Waals surface area contributed by atoms with Crippen LogP contribution in [0.5, 0.6) is 0 Å². The third-order valence-electron chi connectivity index (χ3n) is 12.9. The van der Waals surface area contributed by atoms with Crippen LogP contribution in [0.25, 0.3) is 0 Å². The molecular formula is C38H62O8. The molecule has 0 aromatic heterocycles. The zero-order chi connectivity index (χ0) is 32.3. The average Bonchev–Trinajstić information content (AvgIpc) is 3.07. The third kappa shape index (κ3) is 10.7. The van der Waals surface area contributed by atoms with Gasteiger partial charge in [-0.05, 0) is 112 Å². The van der Waals surface area contributed by atoms with E-state index in [4.69, 9.17) is 14.5 Å². The highest BCUT2D eigenvalue weighted by atomic mass is 17.2. The molecule has 5 saturated carbocycles. The molecule has 5 fully saturated rings. The highest BCUT2D eigenvalue weighted by Crippen LogP contribution is 2.42. The van der Waals surface area contributed by atoms with Crippen LogP contribution in [0.4, 0.5) is 0 Å². The quantitative estimate of drug-likeness (QED) is 0.0835. The molecule has 0 aromatic carbocycles. The van der Waals surface area contributed by atoms with E-state index in [1.807, 2.05) is 0 Å². The molecule has 6 unspecified atom stereocenters. The van der Waals surface area contributed by atoms with E-state index in [-0.39, 0.29) is 17.8 Å². The second kappa shape index (κ2) is 18.2. The highest BCUT2D eigenvalue weighted by Gasteiger charge is 2.41. The second-order valence-electron chi connectivity index (χ2n) is 16.2. The van der Waals surface area contributed by atoms with Crippen molar-refractivity contribution in [1.82, 2.24) is 0 Å². The van der Waals surface area contributed by atoms with E-state index in [0.29, 0.717) is 56.3 Å². The summed E-state index contributed by atoms with van der Waals surface area (Å²) in [5.41, 5.74) is 0. The molecule has 46 heavy (non-hydrogen) atoms. The predicted molar refractivity (Wildman–Crippen MR) is 175 cm³/mol. The molecule has 6 atom stereocenters. The zero-order valence-electron chi connectivity index (χ0n) is 28.3. The normalized spacial score (nSPS) is 35.0. The summed E-state index contributed by atoms with van der Waals surface area (Å²) in [4.78, 5) is 48.5. The second-order valence-corrected chi connectivity index (χ2v) is 16.2. The molecule has 0 heterocycles. The minimum Gasteiger partial charge on any atom is -0.481 e. The Morgan fingerprint density at radius 1 is 0.457 bits per heavy atom. The molecule has 0 spiro atoms. The molecule has 0 bridgehead atoms. The van der Waals surface area contributed by atoms with Crippen LogP contribution >= 0.6 is 0 Å². The molecule has 0 amide bonds. The van der Waals surface area contributed by atoms with Gasteiger partial charge in [0.1, 0.15) is 0 Å². The van der Waals surface area contributed by atoms with Crippen molar-refractivity contribution < 1.29 is 39.1 Å². The van der Waals surface area contributed by atoms with Gasteiger partial charge >= 0.3 is 17.9 Å². The summed E-state index contributed by atoms with van der Waals surface area (Å²) in [6, 6.07) is 0. The molecule has 262 valence electrons. The number of ether oxygens (including phenoxy) is 1. The van der Waals surface area contributed by atoms with Crippen LogP contribution in [0.1, 0.15) is 141 Å². The number of carboxylic acids is 2. The van der Waals surface area contributed by atoms with Gasteiger partial charge in [-0.25, -0.2) is 9.78 Å². The first-order valence-electron chi connectivity index (χ1n) is 19.2. The summed E-state index contributed by atoms with van der Waals surface area (Å²) in [5, 5.41) is 19.9. The van der Waals surface area contributed by atoms with Gasteiger partial charge in [0.2, 0.25) is 0 Å². The van der Waals surface area contributed by atoms with Gasteiger partial charge in [-0.15, -0.1) is 0 Å². The van der Waals surface area contributed by atoms with Gasteiger partial charge < -0.3 is 14.9 Å². The summed E-state index contributed by atoms with van der Waals surface area (Å²) in [7, 11) is 0. The Balaban J connectivity index is 0.944. The largest absolute Gasteiger partial charge is 0.481 e. The molecule has 0 aliphatic heterocycles. The van der Waals surface area contributed by atoms with Crippen LogP contribution in [0.2, 0.25) is 0 Å². The Hall–Kier alpha value is -1.67. The summed E-state index contributed by atoms with van der Waals surface area (Å²) in [6.45, 7) is 1.22. The van der Waals surface area contributed by atoms with Crippen molar-refractivity contribution >= 4 is 17.9 Å². The van der Waals surface area contributed by atoms with Crippen LogP contribution in [0, 0.1) is 59.2 Å². The van der Waals surface area contributed by atoms with Crippen molar-refractivity contribution in [3.63, 3.8) is 0 Å². The van der Waals surface area contributed by atoms with Gasteiger partial charge in [0.05, 0.1) is 37.6 Å². The van der Waals surface area contributed by atoms with E-state index >= 15 is 0 Å². The molecule has 8 heteroatoms. The lowest BCUT2D eigenvalue weighted by Crippen LogP contribution is -2.37. The maximum Gasteiger partial charge on any atom is 0.309 e. The average molecular weight is 647 g/mol. The van der Waals surface area contributed by atoms with Gasteiger partial charge in [-0.1, -0.05) is 70.6 Å². The summed E-state index contributed by atoms with van der Waals surface area (Å²) >= 11 is 0. The number of hydrogen-bond donors (Lipinski definition) is 2. The molecular weight excluding hydrogens is 584 g/mol. The smallest absolute Gasteiger partial charge is 0.309 e.